The van der Waals surface area contributed by atoms with Gasteiger partial charge in [0.1, 0.15) is 5.56 Å². The van der Waals surface area contributed by atoms with Gasteiger partial charge in [0.15, 0.2) is 11.6 Å². The Bertz CT molecular complexity index is 1780. The second-order valence-electron chi connectivity index (χ2n) is 11.1. The molecule has 0 saturated carbocycles. The lowest BCUT2D eigenvalue weighted by Crippen LogP contribution is -2.31. The van der Waals surface area contributed by atoms with Crippen LogP contribution >= 0.6 is 0 Å². The summed E-state index contributed by atoms with van der Waals surface area (Å²) in [6, 6.07) is 6.26. The molecule has 4 rings (SSSR count). The molecule has 0 aliphatic rings. The van der Waals surface area contributed by atoms with Gasteiger partial charge in [0, 0.05) is 43.9 Å². The van der Waals surface area contributed by atoms with Gasteiger partial charge in [0.25, 0.3) is 11.5 Å². The number of pyridine rings is 1. The number of primary amides is 1. The maximum absolute atomic E-state index is 14.9. The average molecular weight is 610 g/mol. The topological polar surface area (TPSA) is 149 Å². The molecule has 2 aromatic heterocycles. The Hall–Kier alpha value is -4.87. The molecule has 0 spiro atoms. The van der Waals surface area contributed by atoms with E-state index in [1.165, 1.54) is 16.7 Å². The molecule has 0 radical (unpaired) electrons. The smallest absolute Gasteiger partial charge is 0.305 e. The van der Waals surface area contributed by atoms with Crippen LogP contribution in [0.4, 0.5) is 8.78 Å². The van der Waals surface area contributed by atoms with Gasteiger partial charge in [-0.15, -0.1) is 0 Å². The Morgan fingerprint density at radius 3 is 2.39 bits per heavy atom. The molecular weight excluding hydrogens is 572 g/mol. The molecule has 2 amide bonds. The van der Waals surface area contributed by atoms with Crippen LogP contribution in [0.25, 0.3) is 22.0 Å². The Morgan fingerprint density at radius 2 is 1.80 bits per heavy atom. The van der Waals surface area contributed by atoms with Crippen LogP contribution in [0.3, 0.4) is 0 Å². The second kappa shape index (κ2) is 14.1. The number of carboxylic acid groups (broad SMARTS) is 1. The first-order valence-electron chi connectivity index (χ1n) is 14.0. The SMILES string of the molecule is Cc1cc2cn(C)nc2c(C)c1-c1cc(F)c(F)c([C@H](CC(=O)O)NC(=O)CCC(C)C)c1.Cn1cccc(C(N)=O)c1=O. The number of aryl methyl sites for hydroxylation is 4. The predicted molar refractivity (Wildman–Crippen MR) is 163 cm³/mol. The summed E-state index contributed by atoms with van der Waals surface area (Å²) in [6.45, 7) is 7.66. The van der Waals surface area contributed by atoms with Crippen molar-refractivity contribution in [1.29, 1.82) is 0 Å². The Balaban J connectivity index is 0.000000404. The molecule has 4 aromatic rings. The fraction of sp³-hybridized carbons (Fsp3) is 0.344. The molecule has 1 atom stereocenters. The first-order chi connectivity index (χ1) is 20.6. The molecule has 10 nitrogen and oxygen atoms in total. The number of fused-ring (bicyclic) bond motifs is 1. The largest absolute Gasteiger partial charge is 0.481 e. The molecule has 4 N–H and O–H groups in total. The maximum Gasteiger partial charge on any atom is 0.305 e. The number of rotatable bonds is 9. The number of aromatic nitrogens is 3. The first kappa shape index (κ1) is 33.6. The number of nitrogens with zero attached hydrogens (tertiary/aromatic N) is 3. The summed E-state index contributed by atoms with van der Waals surface area (Å²) >= 11 is 0. The first-order valence-corrected chi connectivity index (χ1v) is 14.0. The molecule has 0 bridgehead atoms. The van der Waals surface area contributed by atoms with Crippen LogP contribution in [0.5, 0.6) is 0 Å². The van der Waals surface area contributed by atoms with E-state index in [-0.39, 0.29) is 29.0 Å². The Morgan fingerprint density at radius 1 is 1.11 bits per heavy atom. The van der Waals surface area contributed by atoms with Crippen molar-refractivity contribution in [2.75, 3.05) is 0 Å². The van der Waals surface area contributed by atoms with Crippen molar-refractivity contribution in [3.8, 4) is 11.1 Å². The van der Waals surface area contributed by atoms with Gasteiger partial charge in [-0.3, -0.25) is 23.9 Å². The predicted octanol–water partition coefficient (Wildman–Crippen LogP) is 4.69. The summed E-state index contributed by atoms with van der Waals surface area (Å²) in [5.74, 6) is -4.30. The van der Waals surface area contributed by atoms with Crippen molar-refractivity contribution >= 4 is 28.7 Å². The van der Waals surface area contributed by atoms with E-state index in [0.29, 0.717) is 17.5 Å². The number of carbonyl (C=O) groups is 3. The summed E-state index contributed by atoms with van der Waals surface area (Å²) in [5.41, 5.74) is 7.90. The number of carbonyl (C=O) groups excluding carboxylic acids is 2. The maximum atomic E-state index is 14.9. The highest BCUT2D eigenvalue weighted by Gasteiger charge is 2.25. The minimum absolute atomic E-state index is 0.0231. The lowest BCUT2D eigenvalue weighted by atomic mass is 9.90. The van der Waals surface area contributed by atoms with Gasteiger partial charge in [-0.2, -0.15) is 5.10 Å². The van der Waals surface area contributed by atoms with Crippen molar-refractivity contribution < 1.29 is 28.3 Å². The van der Waals surface area contributed by atoms with Crippen LogP contribution in [0, 0.1) is 31.4 Å². The van der Waals surface area contributed by atoms with Crippen LogP contribution in [-0.4, -0.2) is 37.2 Å². The average Bonchev–Trinajstić information content (AvgIpc) is 3.30. The van der Waals surface area contributed by atoms with Gasteiger partial charge < -0.3 is 20.7 Å². The fourth-order valence-electron chi connectivity index (χ4n) is 4.96. The van der Waals surface area contributed by atoms with E-state index in [0.717, 1.165) is 28.1 Å². The molecule has 44 heavy (non-hydrogen) atoms. The van der Waals surface area contributed by atoms with E-state index in [9.17, 15) is 33.1 Å². The normalized spacial score (nSPS) is 11.7. The number of hydrogen-bond acceptors (Lipinski definition) is 5. The molecule has 0 fully saturated rings. The number of amides is 2. The van der Waals surface area contributed by atoms with Crippen LogP contribution in [0.15, 0.2) is 47.5 Å². The molecule has 0 aliphatic carbocycles. The van der Waals surface area contributed by atoms with Crippen LogP contribution < -0.4 is 16.6 Å². The summed E-state index contributed by atoms with van der Waals surface area (Å²) < 4.78 is 32.6. The van der Waals surface area contributed by atoms with Gasteiger partial charge in [0.2, 0.25) is 5.91 Å². The zero-order valence-corrected chi connectivity index (χ0v) is 25.6. The van der Waals surface area contributed by atoms with Crippen molar-refractivity contribution in [3.63, 3.8) is 0 Å². The summed E-state index contributed by atoms with van der Waals surface area (Å²) in [6.07, 6.45) is 3.65. The molecular formula is C32H37F2N5O5. The highest BCUT2D eigenvalue weighted by molar-refractivity contribution is 5.92. The second-order valence-corrected chi connectivity index (χ2v) is 11.1. The minimum Gasteiger partial charge on any atom is -0.481 e. The number of halogens is 2. The fourth-order valence-corrected chi connectivity index (χ4v) is 4.96. The molecule has 234 valence electrons. The lowest BCUT2D eigenvalue weighted by molar-refractivity contribution is -0.137. The van der Waals surface area contributed by atoms with E-state index in [2.05, 4.69) is 10.4 Å². The molecule has 2 aromatic carbocycles. The van der Waals surface area contributed by atoms with Gasteiger partial charge >= 0.3 is 5.97 Å². The molecule has 12 heteroatoms. The van der Waals surface area contributed by atoms with E-state index >= 15 is 0 Å². The number of nitrogens with two attached hydrogens (primary N) is 1. The highest BCUT2D eigenvalue weighted by Crippen LogP contribution is 2.36. The molecule has 0 saturated heterocycles. The zero-order valence-electron chi connectivity index (χ0n) is 25.6. The quantitative estimate of drug-likeness (QED) is 0.251. The van der Waals surface area contributed by atoms with Gasteiger partial charge in [-0.25, -0.2) is 8.78 Å². The number of carboxylic acids is 1. The Labute approximate surface area is 253 Å². The number of hydrogen-bond donors (Lipinski definition) is 3. The summed E-state index contributed by atoms with van der Waals surface area (Å²) in [7, 11) is 3.37. The minimum atomic E-state index is -1.23. The van der Waals surface area contributed by atoms with E-state index in [1.54, 1.807) is 24.0 Å². The monoisotopic (exact) mass is 609 g/mol. The highest BCUT2D eigenvalue weighted by atomic mass is 19.2. The van der Waals surface area contributed by atoms with Gasteiger partial charge in [-0.05, 0) is 78.8 Å². The third kappa shape index (κ3) is 7.94. The van der Waals surface area contributed by atoms with E-state index < -0.39 is 41.9 Å². The van der Waals surface area contributed by atoms with Crippen LogP contribution in [0.2, 0.25) is 0 Å². The molecule has 0 unspecified atom stereocenters. The van der Waals surface area contributed by atoms with Gasteiger partial charge in [0.05, 0.1) is 18.0 Å². The third-order valence-corrected chi connectivity index (χ3v) is 7.13. The van der Waals surface area contributed by atoms with Gasteiger partial charge in [-0.1, -0.05) is 13.8 Å². The summed E-state index contributed by atoms with van der Waals surface area (Å²) in [5, 5.41) is 17.3. The van der Waals surface area contributed by atoms with Crippen molar-refractivity contribution in [2.24, 2.45) is 25.7 Å². The molecule has 2 heterocycles. The van der Waals surface area contributed by atoms with E-state index in [1.807, 2.05) is 47.0 Å². The third-order valence-electron chi connectivity index (χ3n) is 7.13. The molecule has 0 aliphatic heterocycles. The van der Waals surface area contributed by atoms with Crippen LogP contribution in [0.1, 0.15) is 66.2 Å². The number of aliphatic carboxylic acids is 1. The summed E-state index contributed by atoms with van der Waals surface area (Å²) in [4.78, 5) is 45.5. The van der Waals surface area contributed by atoms with Crippen molar-refractivity contribution in [2.45, 2.75) is 53.0 Å². The van der Waals surface area contributed by atoms with Crippen molar-refractivity contribution in [1.82, 2.24) is 19.7 Å². The van der Waals surface area contributed by atoms with Crippen molar-refractivity contribution in [3.05, 3.63) is 87.0 Å². The van der Waals surface area contributed by atoms with Crippen LogP contribution in [-0.2, 0) is 23.7 Å². The zero-order chi connectivity index (χ0) is 32.9. The standard InChI is InChI=1S/C25H29F2N3O3.C7H8N2O2/c1-13(2)6-7-21(31)28-20(11-22(32)33)18-9-16(10-19(26)24(18)27)23-14(3)8-17-12-30(5)29-25(17)15(23)4;1-9-4-2-3-5(6(8)10)7(9)11/h8-10,12-13,20H,6-7,11H2,1-5H3,(H,28,31)(H,32,33);2-4H,1H3,(H2,8,10)/t20-;/m0./s1. The lowest BCUT2D eigenvalue weighted by Gasteiger charge is -2.21. The number of benzene rings is 2. The Kier molecular flexibility index (Phi) is 10.8. The number of nitrogens with one attached hydrogen (secondary N) is 1. The van der Waals surface area contributed by atoms with E-state index in [4.69, 9.17) is 5.73 Å².